The molecule has 0 spiro atoms. The highest BCUT2D eigenvalue weighted by molar-refractivity contribution is 9.11. The highest BCUT2D eigenvalue weighted by atomic mass is 79.9. The van der Waals surface area contributed by atoms with Gasteiger partial charge in [0.25, 0.3) is 10.0 Å². The fourth-order valence-electron chi connectivity index (χ4n) is 1.22. The molecule has 6 nitrogen and oxygen atoms in total. The average molecular weight is 364 g/mol. The molecule has 0 saturated carbocycles. The molecule has 102 valence electrons. The number of hydrogen-bond acceptors (Lipinski definition) is 6. The highest BCUT2D eigenvalue weighted by Crippen LogP contribution is 2.27. The minimum absolute atomic E-state index is 0.212. The minimum Gasteiger partial charge on any atom is -0.464 e. The molecule has 2 rings (SSSR count). The van der Waals surface area contributed by atoms with Gasteiger partial charge in [-0.15, -0.1) is 11.3 Å². The molecule has 9 heteroatoms. The molecule has 0 fully saturated rings. The van der Waals surface area contributed by atoms with E-state index in [0.29, 0.717) is 6.61 Å². The normalized spacial score (nSPS) is 11.3. The van der Waals surface area contributed by atoms with E-state index in [4.69, 9.17) is 4.74 Å². The number of hydrogen-bond donors (Lipinski definition) is 1. The molecule has 0 bridgehead atoms. The van der Waals surface area contributed by atoms with Gasteiger partial charge in [-0.2, -0.15) is 0 Å². The Morgan fingerprint density at radius 2 is 2.05 bits per heavy atom. The maximum absolute atomic E-state index is 12.0. The standard InChI is InChI=1S/C10H10BrN3O3S2/c1-2-17-10-12-5-7(6-13-10)14-19(15,16)9-4-3-8(11)18-9/h3-6,14H,2H2,1H3. The van der Waals surface area contributed by atoms with Gasteiger partial charge in [0.05, 0.1) is 28.5 Å². The molecule has 0 aromatic carbocycles. The lowest BCUT2D eigenvalue weighted by Gasteiger charge is -2.06. The first-order valence-electron chi connectivity index (χ1n) is 5.24. The largest absolute Gasteiger partial charge is 0.464 e. The van der Waals surface area contributed by atoms with E-state index in [1.54, 1.807) is 6.07 Å². The van der Waals surface area contributed by atoms with Crippen LogP contribution in [0.3, 0.4) is 0 Å². The minimum atomic E-state index is -3.60. The SMILES string of the molecule is CCOc1ncc(NS(=O)(=O)c2ccc(Br)s2)cn1. The molecule has 0 aliphatic rings. The van der Waals surface area contributed by atoms with Crippen LogP contribution in [0.25, 0.3) is 0 Å². The number of ether oxygens (including phenoxy) is 1. The summed E-state index contributed by atoms with van der Waals surface area (Å²) in [6.07, 6.45) is 2.72. The van der Waals surface area contributed by atoms with Crippen LogP contribution in [0.5, 0.6) is 6.01 Å². The van der Waals surface area contributed by atoms with Gasteiger partial charge in [-0.05, 0) is 35.0 Å². The van der Waals surface area contributed by atoms with Crippen molar-refractivity contribution in [3.63, 3.8) is 0 Å². The third-order valence-electron chi connectivity index (χ3n) is 1.97. The van der Waals surface area contributed by atoms with Crippen LogP contribution < -0.4 is 9.46 Å². The number of aromatic nitrogens is 2. The maximum Gasteiger partial charge on any atom is 0.316 e. The summed E-state index contributed by atoms with van der Waals surface area (Å²) < 4.78 is 32.5. The van der Waals surface area contributed by atoms with Gasteiger partial charge in [0.1, 0.15) is 4.21 Å². The molecule has 0 radical (unpaired) electrons. The Bertz CT molecular complexity index is 655. The summed E-state index contributed by atoms with van der Waals surface area (Å²) >= 11 is 4.35. The number of nitrogens with one attached hydrogen (secondary N) is 1. The monoisotopic (exact) mass is 363 g/mol. The van der Waals surface area contributed by atoms with Gasteiger partial charge in [0.15, 0.2) is 0 Å². The van der Waals surface area contributed by atoms with Crippen LogP contribution >= 0.6 is 27.3 Å². The summed E-state index contributed by atoms with van der Waals surface area (Å²) in [7, 11) is -3.60. The molecule has 2 aromatic heterocycles. The van der Waals surface area contributed by atoms with Crippen molar-refractivity contribution in [3.8, 4) is 6.01 Å². The zero-order valence-corrected chi connectivity index (χ0v) is 13.0. The first kappa shape index (κ1) is 14.2. The lowest BCUT2D eigenvalue weighted by atomic mass is 10.6. The quantitative estimate of drug-likeness (QED) is 0.882. The van der Waals surface area contributed by atoms with Crippen molar-refractivity contribution in [1.82, 2.24) is 9.97 Å². The summed E-state index contributed by atoms with van der Waals surface area (Å²) in [6.45, 7) is 2.27. The topological polar surface area (TPSA) is 81.2 Å². The Kier molecular flexibility index (Phi) is 4.38. The van der Waals surface area contributed by atoms with Gasteiger partial charge in [0, 0.05) is 0 Å². The number of thiophene rings is 1. The maximum atomic E-state index is 12.0. The molecule has 2 aromatic rings. The van der Waals surface area contributed by atoms with Gasteiger partial charge in [-0.25, -0.2) is 18.4 Å². The molecule has 0 aliphatic heterocycles. The smallest absolute Gasteiger partial charge is 0.316 e. The van der Waals surface area contributed by atoms with Crippen molar-refractivity contribution >= 4 is 43.0 Å². The number of rotatable bonds is 5. The summed E-state index contributed by atoms with van der Waals surface area (Å²) in [5.74, 6) is 0. The van der Waals surface area contributed by atoms with E-state index in [-0.39, 0.29) is 15.9 Å². The summed E-state index contributed by atoms with van der Waals surface area (Å²) in [4.78, 5) is 7.77. The Morgan fingerprint density at radius 1 is 1.37 bits per heavy atom. The third kappa shape index (κ3) is 3.64. The molecule has 0 unspecified atom stereocenters. The van der Waals surface area contributed by atoms with Crippen LogP contribution in [0.1, 0.15) is 6.92 Å². The Hall–Kier alpha value is -1.19. The zero-order valence-electron chi connectivity index (χ0n) is 9.83. The molecule has 19 heavy (non-hydrogen) atoms. The van der Waals surface area contributed by atoms with Crippen LogP contribution in [0.4, 0.5) is 5.69 Å². The number of nitrogens with zero attached hydrogens (tertiary/aromatic N) is 2. The van der Waals surface area contributed by atoms with E-state index in [2.05, 4.69) is 30.6 Å². The van der Waals surface area contributed by atoms with E-state index in [1.807, 2.05) is 6.92 Å². The van der Waals surface area contributed by atoms with Crippen molar-refractivity contribution in [2.45, 2.75) is 11.1 Å². The lowest BCUT2D eigenvalue weighted by Crippen LogP contribution is -2.12. The summed E-state index contributed by atoms with van der Waals surface area (Å²) in [5, 5.41) is 0. The second kappa shape index (κ2) is 5.85. The van der Waals surface area contributed by atoms with E-state index in [1.165, 1.54) is 18.5 Å². The van der Waals surface area contributed by atoms with Crippen molar-refractivity contribution < 1.29 is 13.2 Å². The van der Waals surface area contributed by atoms with Crippen LogP contribution in [-0.4, -0.2) is 25.0 Å². The molecule has 2 heterocycles. The number of halogens is 1. The first-order chi connectivity index (χ1) is 9.01. The Morgan fingerprint density at radius 3 is 2.58 bits per heavy atom. The predicted molar refractivity (Wildman–Crippen MR) is 76.0 cm³/mol. The third-order valence-corrected chi connectivity index (χ3v) is 5.46. The molecule has 0 amide bonds. The van der Waals surface area contributed by atoms with E-state index in [9.17, 15) is 8.42 Å². The predicted octanol–water partition coefficient (Wildman–Crippen LogP) is 2.50. The van der Waals surface area contributed by atoms with Crippen LogP contribution in [0.15, 0.2) is 32.5 Å². The van der Waals surface area contributed by atoms with E-state index < -0.39 is 10.0 Å². The van der Waals surface area contributed by atoms with E-state index in [0.717, 1.165) is 15.1 Å². The number of anilines is 1. The van der Waals surface area contributed by atoms with Crippen molar-refractivity contribution in [3.05, 3.63) is 28.3 Å². The van der Waals surface area contributed by atoms with Gasteiger partial charge in [-0.1, -0.05) is 0 Å². The van der Waals surface area contributed by atoms with Crippen LogP contribution in [0.2, 0.25) is 0 Å². The fraction of sp³-hybridized carbons (Fsp3) is 0.200. The Labute approximate surface area is 123 Å². The van der Waals surface area contributed by atoms with Gasteiger partial charge in [0.2, 0.25) is 0 Å². The Balaban J connectivity index is 2.16. The molecule has 0 aliphatic carbocycles. The van der Waals surface area contributed by atoms with Gasteiger partial charge in [-0.3, -0.25) is 4.72 Å². The van der Waals surface area contributed by atoms with Crippen molar-refractivity contribution in [1.29, 1.82) is 0 Å². The van der Waals surface area contributed by atoms with Crippen LogP contribution in [0, 0.1) is 0 Å². The van der Waals surface area contributed by atoms with Gasteiger partial charge >= 0.3 is 6.01 Å². The van der Waals surface area contributed by atoms with Crippen molar-refractivity contribution in [2.75, 3.05) is 11.3 Å². The molecule has 0 saturated heterocycles. The number of sulfonamides is 1. The second-order valence-electron chi connectivity index (χ2n) is 3.35. The summed E-state index contributed by atoms with van der Waals surface area (Å²) in [5.41, 5.74) is 0.285. The molecular formula is C10H10BrN3O3S2. The zero-order chi connectivity index (χ0) is 13.9. The first-order valence-corrected chi connectivity index (χ1v) is 8.33. The summed E-state index contributed by atoms with van der Waals surface area (Å²) in [6, 6.07) is 3.41. The van der Waals surface area contributed by atoms with Gasteiger partial charge < -0.3 is 4.74 Å². The highest BCUT2D eigenvalue weighted by Gasteiger charge is 2.17. The van der Waals surface area contributed by atoms with Crippen LogP contribution in [-0.2, 0) is 10.0 Å². The van der Waals surface area contributed by atoms with E-state index >= 15 is 0 Å². The molecule has 1 N–H and O–H groups in total. The van der Waals surface area contributed by atoms with Crippen molar-refractivity contribution in [2.24, 2.45) is 0 Å². The molecule has 0 atom stereocenters. The average Bonchev–Trinajstić information content (AvgIpc) is 2.79. The fourth-order valence-corrected chi connectivity index (χ4v) is 4.26. The second-order valence-corrected chi connectivity index (χ2v) is 7.72. The molecular weight excluding hydrogens is 354 g/mol. The lowest BCUT2D eigenvalue weighted by molar-refractivity contribution is 0.312.